The van der Waals surface area contributed by atoms with Gasteiger partial charge in [-0.05, 0) is 48.9 Å². The Morgan fingerprint density at radius 1 is 1.00 bits per heavy atom. The molecule has 0 radical (unpaired) electrons. The summed E-state index contributed by atoms with van der Waals surface area (Å²) in [7, 11) is 0. The van der Waals surface area contributed by atoms with E-state index >= 15 is 0 Å². The molecule has 8 heteroatoms. The summed E-state index contributed by atoms with van der Waals surface area (Å²) in [5, 5.41) is 14.7. The standard InChI is InChI=1S/C29H22ClN5O2/c30-23-9-4-8-21(24-10-3-6-19(14-31)33-24)27(23)17-11-12-22-25(13-17)34-29(37)35(28(22)36)26-16-32-15-18-5-1-2-7-20(18)26/h1-10,15-17,22,25H,11-13H2,(H,34,37). The van der Waals surface area contributed by atoms with Gasteiger partial charge in [-0.15, -0.1) is 0 Å². The van der Waals surface area contributed by atoms with Crippen LogP contribution in [0.3, 0.4) is 0 Å². The molecule has 0 bridgehead atoms. The summed E-state index contributed by atoms with van der Waals surface area (Å²) in [5.74, 6) is -0.511. The van der Waals surface area contributed by atoms with Crippen molar-refractivity contribution in [1.82, 2.24) is 15.3 Å². The normalized spacial score (nSPS) is 21.3. The first-order valence-corrected chi connectivity index (χ1v) is 12.6. The first-order valence-electron chi connectivity index (χ1n) is 12.2. The fourth-order valence-electron chi connectivity index (χ4n) is 5.71. The minimum absolute atomic E-state index is 0.0244. The van der Waals surface area contributed by atoms with Crippen LogP contribution in [0, 0.1) is 17.2 Å². The number of carbonyl (C=O) groups is 2. The highest BCUT2D eigenvalue weighted by Crippen LogP contribution is 2.45. The van der Waals surface area contributed by atoms with E-state index in [-0.39, 0.29) is 23.8 Å². The minimum atomic E-state index is -0.437. The van der Waals surface area contributed by atoms with Gasteiger partial charge in [0.15, 0.2) is 0 Å². The second-order valence-electron chi connectivity index (χ2n) is 9.45. The number of nitrogens with one attached hydrogen (secondary N) is 1. The summed E-state index contributed by atoms with van der Waals surface area (Å²) in [4.78, 5) is 36.9. The van der Waals surface area contributed by atoms with Crippen molar-refractivity contribution in [3.05, 3.63) is 89.3 Å². The van der Waals surface area contributed by atoms with Crippen LogP contribution >= 0.6 is 11.6 Å². The maximum absolute atomic E-state index is 13.7. The molecule has 1 N–H and O–H groups in total. The van der Waals surface area contributed by atoms with E-state index in [1.807, 2.05) is 48.5 Å². The van der Waals surface area contributed by atoms with Crippen molar-refractivity contribution < 1.29 is 9.59 Å². The van der Waals surface area contributed by atoms with Crippen molar-refractivity contribution >= 4 is 40.0 Å². The molecule has 7 nitrogen and oxygen atoms in total. The highest BCUT2D eigenvalue weighted by atomic mass is 35.5. The number of nitriles is 1. The zero-order chi connectivity index (χ0) is 25.5. The van der Waals surface area contributed by atoms with Gasteiger partial charge in [-0.1, -0.05) is 54.1 Å². The predicted octanol–water partition coefficient (Wildman–Crippen LogP) is 5.83. The number of halogens is 1. The second-order valence-corrected chi connectivity index (χ2v) is 9.85. The Kier molecular flexibility index (Phi) is 5.82. The highest BCUT2D eigenvalue weighted by molar-refractivity contribution is 6.31. The van der Waals surface area contributed by atoms with Gasteiger partial charge in [-0.25, -0.2) is 14.7 Å². The van der Waals surface area contributed by atoms with E-state index in [9.17, 15) is 14.9 Å². The number of amides is 3. The van der Waals surface area contributed by atoms with E-state index < -0.39 is 6.03 Å². The van der Waals surface area contributed by atoms with E-state index in [1.165, 1.54) is 4.90 Å². The number of nitrogens with zero attached hydrogens (tertiary/aromatic N) is 4. The van der Waals surface area contributed by atoms with Gasteiger partial charge in [0.25, 0.3) is 0 Å². The van der Waals surface area contributed by atoms with E-state index in [2.05, 4.69) is 21.4 Å². The van der Waals surface area contributed by atoms with Crippen molar-refractivity contribution in [1.29, 1.82) is 5.26 Å². The van der Waals surface area contributed by atoms with Gasteiger partial charge in [-0.3, -0.25) is 9.78 Å². The largest absolute Gasteiger partial charge is 0.334 e. The van der Waals surface area contributed by atoms with Crippen LogP contribution in [0.15, 0.2) is 73.1 Å². The summed E-state index contributed by atoms with van der Waals surface area (Å²) < 4.78 is 0. The Labute approximate surface area is 218 Å². The van der Waals surface area contributed by atoms with Crippen LogP contribution in [0.4, 0.5) is 10.5 Å². The average molecular weight is 508 g/mol. The molecule has 0 spiro atoms. The number of pyridine rings is 2. The maximum Gasteiger partial charge on any atom is 0.329 e. The lowest BCUT2D eigenvalue weighted by Gasteiger charge is -2.43. The maximum atomic E-state index is 13.7. The third-order valence-electron chi connectivity index (χ3n) is 7.39. The number of imide groups is 1. The second kappa shape index (κ2) is 9.30. The number of urea groups is 1. The zero-order valence-electron chi connectivity index (χ0n) is 19.8. The molecule has 4 aromatic rings. The predicted molar refractivity (Wildman–Crippen MR) is 141 cm³/mol. The summed E-state index contributed by atoms with van der Waals surface area (Å²) in [6, 6.07) is 19.9. The molecule has 3 heterocycles. The number of anilines is 1. The van der Waals surface area contributed by atoms with Gasteiger partial charge in [0.1, 0.15) is 11.8 Å². The molecule has 182 valence electrons. The quantitative estimate of drug-likeness (QED) is 0.376. The Morgan fingerprint density at radius 3 is 2.70 bits per heavy atom. The number of carbonyl (C=O) groups excluding carboxylic acids is 2. The first-order chi connectivity index (χ1) is 18.0. The summed E-state index contributed by atoms with van der Waals surface area (Å²) in [5.41, 5.74) is 3.31. The van der Waals surface area contributed by atoms with Crippen molar-refractivity contribution in [2.24, 2.45) is 5.92 Å². The molecule has 1 aliphatic carbocycles. The van der Waals surface area contributed by atoms with Crippen molar-refractivity contribution in [2.75, 3.05) is 4.90 Å². The number of fused-ring (bicyclic) bond motifs is 2. The molecule has 1 saturated carbocycles. The summed E-state index contributed by atoms with van der Waals surface area (Å²) in [6.07, 6.45) is 5.22. The van der Waals surface area contributed by atoms with Gasteiger partial charge in [0.2, 0.25) is 5.91 Å². The zero-order valence-corrected chi connectivity index (χ0v) is 20.5. The number of rotatable bonds is 3. The Morgan fingerprint density at radius 2 is 1.84 bits per heavy atom. The van der Waals surface area contributed by atoms with E-state index in [1.54, 1.807) is 24.5 Å². The molecule has 6 rings (SSSR count). The molecule has 1 aliphatic heterocycles. The fraction of sp³-hybridized carbons (Fsp3) is 0.207. The minimum Gasteiger partial charge on any atom is -0.334 e. The Hall–Kier alpha value is -4.28. The fourth-order valence-corrected chi connectivity index (χ4v) is 6.03. The molecule has 3 atom stereocenters. The monoisotopic (exact) mass is 507 g/mol. The topological polar surface area (TPSA) is 99.0 Å². The van der Waals surface area contributed by atoms with Crippen molar-refractivity contribution in [3.8, 4) is 17.3 Å². The SMILES string of the molecule is N#Cc1cccc(-c2cccc(Cl)c2C2CCC3C(=O)N(c4cncc5ccccc45)C(=O)NC3C2)n1. The molecule has 2 aromatic heterocycles. The van der Waals surface area contributed by atoms with Gasteiger partial charge >= 0.3 is 6.03 Å². The molecule has 2 aromatic carbocycles. The molecular weight excluding hydrogens is 486 g/mol. The van der Waals surface area contributed by atoms with Crippen LogP contribution < -0.4 is 10.2 Å². The Bertz CT molecular complexity index is 1590. The lowest BCUT2D eigenvalue weighted by molar-refractivity contribution is -0.124. The molecule has 3 unspecified atom stereocenters. The number of hydrogen-bond acceptors (Lipinski definition) is 5. The molecule has 2 fully saturated rings. The van der Waals surface area contributed by atoms with Crippen LogP contribution in [-0.2, 0) is 4.79 Å². The van der Waals surface area contributed by atoms with Gasteiger partial charge in [-0.2, -0.15) is 5.26 Å². The number of benzene rings is 2. The van der Waals surface area contributed by atoms with Crippen LogP contribution in [0.5, 0.6) is 0 Å². The number of aromatic nitrogens is 2. The number of hydrogen-bond donors (Lipinski definition) is 1. The molecular formula is C29H22ClN5O2. The van der Waals surface area contributed by atoms with E-state index in [0.29, 0.717) is 34.9 Å². The first kappa shape index (κ1) is 23.1. The molecule has 3 amide bonds. The van der Waals surface area contributed by atoms with Crippen LogP contribution in [0.1, 0.15) is 36.4 Å². The third kappa shape index (κ3) is 4.00. The van der Waals surface area contributed by atoms with Crippen LogP contribution in [-0.4, -0.2) is 27.9 Å². The van der Waals surface area contributed by atoms with Crippen molar-refractivity contribution in [3.63, 3.8) is 0 Å². The van der Waals surface area contributed by atoms with E-state index in [4.69, 9.17) is 11.6 Å². The average Bonchev–Trinajstić information content (AvgIpc) is 2.93. The smallest absolute Gasteiger partial charge is 0.329 e. The van der Waals surface area contributed by atoms with Gasteiger partial charge < -0.3 is 5.32 Å². The molecule has 2 aliphatic rings. The highest BCUT2D eigenvalue weighted by Gasteiger charge is 2.46. The summed E-state index contributed by atoms with van der Waals surface area (Å²) in [6.45, 7) is 0. The lowest BCUT2D eigenvalue weighted by atomic mass is 9.73. The summed E-state index contributed by atoms with van der Waals surface area (Å²) >= 11 is 6.72. The van der Waals surface area contributed by atoms with Gasteiger partial charge in [0, 0.05) is 33.6 Å². The van der Waals surface area contributed by atoms with Crippen LogP contribution in [0.2, 0.25) is 5.02 Å². The lowest BCUT2D eigenvalue weighted by Crippen LogP contribution is -2.61. The third-order valence-corrected chi connectivity index (χ3v) is 7.72. The molecule has 1 saturated heterocycles. The molecule has 37 heavy (non-hydrogen) atoms. The van der Waals surface area contributed by atoms with Crippen LogP contribution in [0.25, 0.3) is 22.0 Å². The van der Waals surface area contributed by atoms with Crippen molar-refractivity contribution in [2.45, 2.75) is 31.2 Å². The van der Waals surface area contributed by atoms with Gasteiger partial charge in [0.05, 0.1) is 23.5 Å². The van der Waals surface area contributed by atoms with E-state index in [0.717, 1.165) is 28.3 Å². The Balaban J connectivity index is 1.31.